The second-order valence-corrected chi connectivity index (χ2v) is 8.35. The Hall–Kier alpha value is -2.83. The van der Waals surface area contributed by atoms with Gasteiger partial charge in [0.1, 0.15) is 29.7 Å². The van der Waals surface area contributed by atoms with Crippen LogP contribution in [-0.4, -0.2) is 11.0 Å². The van der Waals surface area contributed by atoms with Crippen LogP contribution in [0.1, 0.15) is 11.1 Å². The molecule has 3 aromatic rings. The van der Waals surface area contributed by atoms with Gasteiger partial charge in [-0.05, 0) is 88.3 Å². The predicted molar refractivity (Wildman–Crippen MR) is 128 cm³/mol. The van der Waals surface area contributed by atoms with Gasteiger partial charge in [-0.25, -0.2) is 0 Å². The zero-order chi connectivity index (χ0) is 21.5. The Labute approximate surface area is 196 Å². The van der Waals surface area contributed by atoms with Gasteiger partial charge in [0, 0.05) is 10.2 Å². The van der Waals surface area contributed by atoms with E-state index in [0.717, 1.165) is 19.4 Å². The van der Waals surface area contributed by atoms with Crippen molar-refractivity contribution in [2.75, 3.05) is 5.32 Å². The number of nitrogens with one attached hydrogen (secondary N) is 1. The first-order valence-electron chi connectivity index (χ1n) is 8.83. The minimum absolute atomic E-state index is 0.0256. The lowest BCUT2D eigenvalue weighted by Crippen LogP contribution is -2.13. The summed E-state index contributed by atoms with van der Waals surface area (Å²) < 4.78 is 7.76. The number of aromatic hydroxyl groups is 1. The summed E-state index contributed by atoms with van der Waals surface area (Å²) in [5.41, 5.74) is 2.23. The molecule has 3 aromatic carbocycles. The Bertz CT molecular complexity index is 1120. The van der Waals surface area contributed by atoms with E-state index in [1.54, 1.807) is 18.2 Å². The Morgan fingerprint density at radius 2 is 1.83 bits per heavy atom. The molecule has 0 fully saturated rings. The van der Waals surface area contributed by atoms with E-state index in [1.807, 2.05) is 42.5 Å². The number of ether oxygens (including phenoxy) is 1. The van der Waals surface area contributed by atoms with Gasteiger partial charge in [-0.3, -0.25) is 4.79 Å². The molecule has 150 valence electrons. The van der Waals surface area contributed by atoms with E-state index in [9.17, 15) is 15.2 Å². The molecule has 0 saturated heterocycles. The lowest BCUT2D eigenvalue weighted by molar-refractivity contribution is -0.112. The largest absolute Gasteiger partial charge is 0.508 e. The highest BCUT2D eigenvalue weighted by atomic mass is 127. The summed E-state index contributed by atoms with van der Waals surface area (Å²) in [6.07, 6.45) is 1.52. The molecule has 0 aliphatic rings. The normalized spacial score (nSPS) is 10.9. The van der Waals surface area contributed by atoms with E-state index in [2.05, 4.69) is 43.8 Å². The maximum Gasteiger partial charge on any atom is 0.266 e. The third-order valence-corrected chi connectivity index (χ3v) is 5.44. The average molecular weight is 575 g/mol. The molecule has 0 aromatic heterocycles. The topological polar surface area (TPSA) is 82.3 Å². The van der Waals surface area contributed by atoms with Crippen molar-refractivity contribution in [3.63, 3.8) is 0 Å². The minimum Gasteiger partial charge on any atom is -0.508 e. The summed E-state index contributed by atoms with van der Waals surface area (Å²) in [7, 11) is 0. The molecule has 0 spiro atoms. The number of amides is 1. The van der Waals surface area contributed by atoms with E-state index >= 15 is 0 Å². The summed E-state index contributed by atoms with van der Waals surface area (Å²) >= 11 is 5.57. The van der Waals surface area contributed by atoms with Gasteiger partial charge in [0.15, 0.2) is 0 Å². The molecule has 0 bridgehead atoms. The van der Waals surface area contributed by atoms with Crippen molar-refractivity contribution >= 4 is 56.2 Å². The molecule has 3 rings (SSSR count). The Kier molecular flexibility index (Phi) is 7.49. The second-order valence-electron chi connectivity index (χ2n) is 6.28. The van der Waals surface area contributed by atoms with Crippen LogP contribution in [0.2, 0.25) is 0 Å². The number of anilines is 1. The molecule has 0 aliphatic carbocycles. The fourth-order valence-electron chi connectivity index (χ4n) is 2.52. The number of carbonyl (C=O) groups is 1. The van der Waals surface area contributed by atoms with Crippen LogP contribution in [-0.2, 0) is 11.4 Å². The van der Waals surface area contributed by atoms with Gasteiger partial charge >= 0.3 is 0 Å². The zero-order valence-corrected chi connectivity index (χ0v) is 19.3. The zero-order valence-electron chi connectivity index (χ0n) is 15.6. The molecule has 2 N–H and O–H groups in total. The Morgan fingerprint density at radius 1 is 1.13 bits per heavy atom. The lowest BCUT2D eigenvalue weighted by Gasteiger charge is -2.09. The molecule has 0 saturated carbocycles. The summed E-state index contributed by atoms with van der Waals surface area (Å²) in [4.78, 5) is 12.4. The van der Waals surface area contributed by atoms with Crippen LogP contribution in [0, 0.1) is 14.9 Å². The van der Waals surface area contributed by atoms with Crippen molar-refractivity contribution in [2.24, 2.45) is 0 Å². The maximum absolute atomic E-state index is 12.4. The molecule has 7 heteroatoms. The predicted octanol–water partition coefficient (Wildman–Crippen LogP) is 5.88. The van der Waals surface area contributed by atoms with Crippen LogP contribution in [0.5, 0.6) is 11.5 Å². The van der Waals surface area contributed by atoms with Gasteiger partial charge in [0.25, 0.3) is 5.91 Å². The van der Waals surface area contributed by atoms with Crippen LogP contribution in [0.4, 0.5) is 5.69 Å². The molecule has 30 heavy (non-hydrogen) atoms. The summed E-state index contributed by atoms with van der Waals surface area (Å²) in [6, 6.07) is 21.3. The van der Waals surface area contributed by atoms with Crippen LogP contribution in [0.3, 0.4) is 0 Å². The van der Waals surface area contributed by atoms with Gasteiger partial charge in [-0.1, -0.05) is 34.1 Å². The third-order valence-electron chi connectivity index (χ3n) is 4.06. The van der Waals surface area contributed by atoms with E-state index in [-0.39, 0.29) is 11.3 Å². The number of nitriles is 1. The molecule has 0 aliphatic heterocycles. The first kappa shape index (κ1) is 21.9. The van der Waals surface area contributed by atoms with Gasteiger partial charge in [-0.2, -0.15) is 5.26 Å². The number of hydrogen-bond donors (Lipinski definition) is 2. The third kappa shape index (κ3) is 6.08. The fraction of sp³-hybridized carbons (Fsp3) is 0.0435. The van der Waals surface area contributed by atoms with Crippen molar-refractivity contribution in [3.05, 3.63) is 91.5 Å². The van der Waals surface area contributed by atoms with Crippen molar-refractivity contribution in [1.29, 1.82) is 5.26 Å². The number of nitrogens with zero attached hydrogens (tertiary/aromatic N) is 1. The molecule has 5 nitrogen and oxygen atoms in total. The van der Waals surface area contributed by atoms with Crippen LogP contribution < -0.4 is 10.1 Å². The van der Waals surface area contributed by atoms with E-state index in [4.69, 9.17) is 4.74 Å². The lowest BCUT2D eigenvalue weighted by atomic mass is 10.1. The standard InChI is InChI=1S/C23H16BrIN2O3/c24-18-4-1-15(2-5-18)14-30-22-10-3-16(12-21(22)25)11-17(13-26)23(29)27-19-6-8-20(28)9-7-19/h1-12,28H,14H2,(H,27,29)/b17-11+. The van der Waals surface area contributed by atoms with Crippen molar-refractivity contribution in [3.8, 4) is 17.6 Å². The Balaban J connectivity index is 1.69. The molecule has 0 heterocycles. The summed E-state index contributed by atoms with van der Waals surface area (Å²) in [5.74, 6) is 0.303. The number of carbonyl (C=O) groups excluding carboxylic acids is 1. The minimum atomic E-state index is -0.520. The number of rotatable bonds is 6. The SMILES string of the molecule is N#C/C(=C\c1ccc(OCc2ccc(Br)cc2)c(I)c1)C(=O)Nc1ccc(O)cc1. The number of benzene rings is 3. The molecule has 0 radical (unpaired) electrons. The maximum atomic E-state index is 12.4. The fourth-order valence-corrected chi connectivity index (χ4v) is 3.48. The van der Waals surface area contributed by atoms with Crippen LogP contribution >= 0.6 is 38.5 Å². The Morgan fingerprint density at radius 3 is 2.47 bits per heavy atom. The molecular formula is C23H16BrIN2O3. The van der Waals surface area contributed by atoms with Gasteiger partial charge < -0.3 is 15.2 Å². The first-order valence-corrected chi connectivity index (χ1v) is 10.7. The van der Waals surface area contributed by atoms with E-state index < -0.39 is 5.91 Å². The molecule has 0 unspecified atom stereocenters. The van der Waals surface area contributed by atoms with Gasteiger partial charge in [0.05, 0.1) is 3.57 Å². The highest BCUT2D eigenvalue weighted by Crippen LogP contribution is 2.25. The highest BCUT2D eigenvalue weighted by Gasteiger charge is 2.11. The highest BCUT2D eigenvalue weighted by molar-refractivity contribution is 14.1. The van der Waals surface area contributed by atoms with Crippen LogP contribution in [0.25, 0.3) is 6.08 Å². The van der Waals surface area contributed by atoms with Gasteiger partial charge in [-0.15, -0.1) is 0 Å². The first-order chi connectivity index (χ1) is 14.4. The number of halogens is 2. The second kappa shape index (κ2) is 10.3. The van der Waals surface area contributed by atoms with Gasteiger partial charge in [0.2, 0.25) is 0 Å². The van der Waals surface area contributed by atoms with E-state index in [1.165, 1.54) is 18.2 Å². The smallest absolute Gasteiger partial charge is 0.266 e. The number of phenols is 1. The summed E-state index contributed by atoms with van der Waals surface area (Å²) in [6.45, 7) is 0.441. The molecule has 1 amide bonds. The monoisotopic (exact) mass is 574 g/mol. The number of hydrogen-bond acceptors (Lipinski definition) is 4. The van der Waals surface area contributed by atoms with Crippen molar-refractivity contribution in [1.82, 2.24) is 0 Å². The van der Waals surface area contributed by atoms with Crippen LogP contribution in [0.15, 0.2) is 76.8 Å². The van der Waals surface area contributed by atoms with Crippen molar-refractivity contribution in [2.45, 2.75) is 6.61 Å². The quantitative estimate of drug-likeness (QED) is 0.167. The van der Waals surface area contributed by atoms with E-state index in [0.29, 0.717) is 17.9 Å². The summed E-state index contributed by atoms with van der Waals surface area (Å²) in [5, 5.41) is 21.3. The molecule has 0 atom stereocenters. The van der Waals surface area contributed by atoms with Crippen molar-refractivity contribution < 1.29 is 14.6 Å². The average Bonchev–Trinajstić information content (AvgIpc) is 2.74. The molecular weight excluding hydrogens is 559 g/mol. The number of phenolic OH excluding ortho intramolecular Hbond substituents is 1.